The number of aromatic amines is 1. The van der Waals surface area contributed by atoms with E-state index in [1.54, 1.807) is 18.3 Å². The van der Waals surface area contributed by atoms with Gasteiger partial charge in [-0.25, -0.2) is 4.79 Å². The van der Waals surface area contributed by atoms with Crippen molar-refractivity contribution in [3.63, 3.8) is 0 Å². The quantitative estimate of drug-likeness (QED) is 0.556. The van der Waals surface area contributed by atoms with Crippen LogP contribution in [0.25, 0.3) is 0 Å². The molecule has 0 atom stereocenters. The standard InChI is InChI=1S/C5H6N3O/c6-5(9)8-4-2-1-3-7-4/h1-3,7H,(H2,6,9). The number of hydrogen-bond acceptors (Lipinski definition) is 1. The van der Waals surface area contributed by atoms with Gasteiger partial charge in [0.2, 0.25) is 0 Å². The van der Waals surface area contributed by atoms with Crippen LogP contribution in [0.15, 0.2) is 18.3 Å². The molecule has 2 amide bonds. The van der Waals surface area contributed by atoms with E-state index in [0.29, 0.717) is 5.82 Å². The normalized spacial score (nSPS) is 8.89. The van der Waals surface area contributed by atoms with Gasteiger partial charge in [-0.2, -0.15) is 5.32 Å². The maximum absolute atomic E-state index is 10.1. The second kappa shape index (κ2) is 2.21. The lowest BCUT2D eigenvalue weighted by molar-refractivity contribution is 0.251. The van der Waals surface area contributed by atoms with Gasteiger partial charge < -0.3 is 10.7 Å². The molecule has 1 rings (SSSR count). The highest BCUT2D eigenvalue weighted by atomic mass is 16.2. The van der Waals surface area contributed by atoms with Crippen LogP contribution in [0.1, 0.15) is 0 Å². The summed E-state index contributed by atoms with van der Waals surface area (Å²) in [4.78, 5) is 12.8. The number of nitrogens with two attached hydrogens (primary N) is 1. The molecule has 3 N–H and O–H groups in total. The Morgan fingerprint density at radius 2 is 2.56 bits per heavy atom. The number of nitrogens with zero attached hydrogens (tertiary/aromatic N) is 1. The Labute approximate surface area is 52.1 Å². The fourth-order valence-corrected chi connectivity index (χ4v) is 0.509. The summed E-state index contributed by atoms with van der Waals surface area (Å²) in [6.07, 6.45) is 1.67. The Morgan fingerprint density at radius 3 is 3.00 bits per heavy atom. The molecule has 0 saturated heterocycles. The summed E-state index contributed by atoms with van der Waals surface area (Å²) in [5.74, 6) is 0.488. The molecule has 0 saturated carbocycles. The third-order valence-corrected chi connectivity index (χ3v) is 0.812. The minimum absolute atomic E-state index is 0.488. The van der Waals surface area contributed by atoms with E-state index in [4.69, 9.17) is 5.73 Å². The molecule has 0 aliphatic rings. The van der Waals surface area contributed by atoms with E-state index in [1.807, 2.05) is 0 Å². The number of nitrogens with one attached hydrogen (secondary N) is 1. The lowest BCUT2D eigenvalue weighted by atomic mass is 10.6. The number of carbonyl (C=O) groups excluding carboxylic acids is 1. The van der Waals surface area contributed by atoms with E-state index in [0.717, 1.165) is 0 Å². The van der Waals surface area contributed by atoms with Gasteiger partial charge in [-0.15, -0.1) is 0 Å². The maximum atomic E-state index is 10.1. The first-order chi connectivity index (χ1) is 4.29. The average Bonchev–Trinajstić information content (AvgIpc) is 2.15. The zero-order valence-electron chi connectivity index (χ0n) is 4.66. The van der Waals surface area contributed by atoms with Crippen molar-refractivity contribution >= 4 is 11.8 Å². The Balaban J connectivity index is 2.58. The number of primary amides is 1. The number of hydrogen-bond donors (Lipinski definition) is 2. The van der Waals surface area contributed by atoms with Crippen molar-refractivity contribution in [1.29, 1.82) is 0 Å². The number of H-pyrrole nitrogens is 1. The molecule has 1 aromatic heterocycles. The Morgan fingerprint density at radius 1 is 1.78 bits per heavy atom. The van der Waals surface area contributed by atoms with E-state index < -0.39 is 6.03 Å². The van der Waals surface area contributed by atoms with Gasteiger partial charge >= 0.3 is 6.03 Å². The summed E-state index contributed by atoms with van der Waals surface area (Å²) in [6, 6.07) is 2.71. The molecule has 0 aliphatic heterocycles. The van der Waals surface area contributed by atoms with Crippen molar-refractivity contribution in [2.45, 2.75) is 0 Å². The van der Waals surface area contributed by atoms with E-state index >= 15 is 0 Å². The number of amides is 2. The lowest BCUT2D eigenvalue weighted by Gasteiger charge is -1.88. The molecule has 0 aliphatic carbocycles. The number of urea groups is 1. The van der Waals surface area contributed by atoms with Gasteiger partial charge in [-0.1, -0.05) is 0 Å². The van der Waals surface area contributed by atoms with Crippen LogP contribution >= 0.6 is 0 Å². The molecule has 0 bridgehead atoms. The SMILES string of the molecule is NC(=O)[N]c1ccc[nH]1. The van der Waals surface area contributed by atoms with E-state index in [2.05, 4.69) is 10.3 Å². The molecule has 4 heteroatoms. The minimum Gasteiger partial charge on any atom is -0.350 e. The highest BCUT2D eigenvalue weighted by molar-refractivity contribution is 5.75. The first-order valence-electron chi connectivity index (χ1n) is 2.43. The summed E-state index contributed by atoms with van der Waals surface area (Å²) in [5, 5.41) is 3.40. The van der Waals surface area contributed by atoms with Crippen LogP contribution in [0.2, 0.25) is 0 Å². The molecule has 47 valence electrons. The van der Waals surface area contributed by atoms with Crippen molar-refractivity contribution in [2.24, 2.45) is 5.73 Å². The predicted molar refractivity (Wildman–Crippen MR) is 32.2 cm³/mol. The first-order valence-corrected chi connectivity index (χ1v) is 2.43. The molecule has 1 radical (unpaired) electrons. The fourth-order valence-electron chi connectivity index (χ4n) is 0.509. The Hall–Kier alpha value is -1.45. The van der Waals surface area contributed by atoms with Gasteiger partial charge in [0.05, 0.1) is 0 Å². The van der Waals surface area contributed by atoms with Crippen LogP contribution in [0, 0.1) is 0 Å². The van der Waals surface area contributed by atoms with Crippen molar-refractivity contribution in [3.05, 3.63) is 18.3 Å². The Bertz CT molecular complexity index is 192. The van der Waals surface area contributed by atoms with Crippen LogP contribution in [0.3, 0.4) is 0 Å². The average molecular weight is 124 g/mol. The second-order valence-electron chi connectivity index (χ2n) is 1.51. The number of aromatic nitrogens is 1. The third-order valence-electron chi connectivity index (χ3n) is 0.812. The lowest BCUT2D eigenvalue weighted by Crippen LogP contribution is -2.18. The van der Waals surface area contributed by atoms with Gasteiger partial charge in [-0.3, -0.25) is 0 Å². The Kier molecular flexibility index (Phi) is 1.40. The summed E-state index contributed by atoms with van der Waals surface area (Å²) in [5.41, 5.74) is 4.76. The van der Waals surface area contributed by atoms with E-state index in [9.17, 15) is 4.79 Å². The molecule has 0 fully saturated rings. The molecular weight excluding hydrogens is 118 g/mol. The number of carbonyl (C=O) groups is 1. The minimum atomic E-state index is -0.683. The topological polar surface area (TPSA) is 73.0 Å². The van der Waals surface area contributed by atoms with Crippen LogP contribution in [-0.4, -0.2) is 11.0 Å². The highest BCUT2D eigenvalue weighted by Gasteiger charge is 1.95. The van der Waals surface area contributed by atoms with Crippen molar-refractivity contribution in [3.8, 4) is 0 Å². The summed E-state index contributed by atoms with van der Waals surface area (Å²) >= 11 is 0. The molecule has 1 heterocycles. The van der Waals surface area contributed by atoms with E-state index in [-0.39, 0.29) is 0 Å². The predicted octanol–water partition coefficient (Wildman–Crippen LogP) is 0.329. The summed E-state index contributed by atoms with van der Waals surface area (Å²) < 4.78 is 0. The smallest absolute Gasteiger partial charge is 0.340 e. The largest absolute Gasteiger partial charge is 0.350 e. The monoisotopic (exact) mass is 124 g/mol. The first kappa shape index (κ1) is 5.68. The fraction of sp³-hybridized carbons (Fsp3) is 0. The van der Waals surface area contributed by atoms with Gasteiger partial charge in [0, 0.05) is 6.20 Å². The van der Waals surface area contributed by atoms with E-state index in [1.165, 1.54) is 0 Å². The molecule has 4 nitrogen and oxygen atoms in total. The highest BCUT2D eigenvalue weighted by Crippen LogP contribution is 1.98. The molecule has 0 aromatic carbocycles. The van der Waals surface area contributed by atoms with Crippen LogP contribution in [-0.2, 0) is 0 Å². The second-order valence-corrected chi connectivity index (χ2v) is 1.51. The van der Waals surface area contributed by atoms with Gasteiger partial charge in [0.25, 0.3) is 0 Å². The van der Waals surface area contributed by atoms with Crippen molar-refractivity contribution in [2.75, 3.05) is 0 Å². The van der Waals surface area contributed by atoms with Gasteiger partial charge in [0.1, 0.15) is 5.82 Å². The number of rotatable bonds is 1. The van der Waals surface area contributed by atoms with Gasteiger partial charge in [-0.05, 0) is 12.1 Å². The molecule has 1 aromatic rings. The van der Waals surface area contributed by atoms with Crippen LogP contribution in [0.5, 0.6) is 0 Å². The van der Waals surface area contributed by atoms with Crippen LogP contribution in [0.4, 0.5) is 10.6 Å². The summed E-state index contributed by atoms with van der Waals surface area (Å²) in [6.45, 7) is 0. The molecule has 0 unspecified atom stereocenters. The maximum Gasteiger partial charge on any atom is 0.340 e. The van der Waals surface area contributed by atoms with Crippen molar-refractivity contribution < 1.29 is 4.79 Å². The zero-order valence-corrected chi connectivity index (χ0v) is 4.66. The van der Waals surface area contributed by atoms with Crippen LogP contribution < -0.4 is 11.1 Å². The summed E-state index contributed by atoms with van der Waals surface area (Å²) in [7, 11) is 0. The zero-order chi connectivity index (χ0) is 6.69. The molecular formula is C5H6N3O. The third kappa shape index (κ3) is 1.49. The van der Waals surface area contributed by atoms with Gasteiger partial charge in [0.15, 0.2) is 0 Å². The van der Waals surface area contributed by atoms with Crippen molar-refractivity contribution in [1.82, 2.24) is 10.3 Å². The molecule has 0 spiro atoms. The molecule has 9 heavy (non-hydrogen) atoms.